The molecule has 1 atom stereocenters. The van der Waals surface area contributed by atoms with E-state index in [1.165, 1.54) is 23.5 Å². The second kappa shape index (κ2) is 10.9. The van der Waals surface area contributed by atoms with Crippen molar-refractivity contribution in [3.63, 3.8) is 0 Å². The topological polar surface area (TPSA) is 75.7 Å². The van der Waals surface area contributed by atoms with Crippen molar-refractivity contribution in [3.05, 3.63) is 96.1 Å². The van der Waals surface area contributed by atoms with Gasteiger partial charge in [-0.1, -0.05) is 60.7 Å². The third-order valence-electron chi connectivity index (χ3n) is 5.19. The Morgan fingerprint density at radius 3 is 2.12 bits per heavy atom. The molecule has 0 aliphatic heterocycles. The Morgan fingerprint density at radius 2 is 1.53 bits per heavy atom. The number of nitrogens with zero attached hydrogens (tertiary/aromatic N) is 1. The van der Waals surface area contributed by atoms with Gasteiger partial charge in [0, 0.05) is 6.54 Å². The smallest absolute Gasteiger partial charge is 0.243 e. The van der Waals surface area contributed by atoms with Crippen molar-refractivity contribution in [2.24, 2.45) is 0 Å². The average Bonchev–Trinajstić information content (AvgIpc) is 2.82. The van der Waals surface area contributed by atoms with Gasteiger partial charge < -0.3 is 10.1 Å². The van der Waals surface area contributed by atoms with E-state index in [1.54, 1.807) is 12.1 Å². The third-order valence-corrected chi connectivity index (χ3v) is 7.05. The van der Waals surface area contributed by atoms with Gasteiger partial charge in [0.2, 0.25) is 15.9 Å². The average molecular weight is 453 g/mol. The maximum Gasteiger partial charge on any atom is 0.243 e. The van der Waals surface area contributed by atoms with Crippen molar-refractivity contribution in [1.29, 1.82) is 0 Å². The first-order valence-corrected chi connectivity index (χ1v) is 11.9. The zero-order valence-corrected chi connectivity index (χ0v) is 19.1. The summed E-state index contributed by atoms with van der Waals surface area (Å²) >= 11 is 0. The molecule has 1 N–H and O–H groups in total. The second-order valence-electron chi connectivity index (χ2n) is 7.45. The van der Waals surface area contributed by atoms with Crippen LogP contribution in [0.25, 0.3) is 0 Å². The van der Waals surface area contributed by atoms with Crippen molar-refractivity contribution in [1.82, 2.24) is 9.62 Å². The standard InChI is InChI=1S/C25H28N2O4S/c1-20(22-11-7-4-8-12-22)26-25(28)19-27(18-17-21-9-5-3-6-10-21)32(29,30)24-15-13-23(31-2)14-16-24/h3-16,20H,17-19H2,1-2H3,(H,26,28)/t20-/m1/s1. The summed E-state index contributed by atoms with van der Waals surface area (Å²) < 4.78 is 33.1. The summed E-state index contributed by atoms with van der Waals surface area (Å²) in [4.78, 5) is 12.9. The SMILES string of the molecule is COc1ccc(S(=O)(=O)N(CCc2ccccc2)CC(=O)N[C@H](C)c2ccccc2)cc1. The summed E-state index contributed by atoms with van der Waals surface area (Å²) in [6.45, 7) is 1.80. The number of hydrogen-bond acceptors (Lipinski definition) is 4. The van der Waals surface area contributed by atoms with Gasteiger partial charge in [-0.05, 0) is 48.7 Å². The van der Waals surface area contributed by atoms with Gasteiger partial charge in [0.15, 0.2) is 0 Å². The highest BCUT2D eigenvalue weighted by Gasteiger charge is 2.27. The normalized spacial score (nSPS) is 12.3. The van der Waals surface area contributed by atoms with Crippen molar-refractivity contribution in [3.8, 4) is 5.75 Å². The molecule has 0 fully saturated rings. The number of nitrogens with one attached hydrogen (secondary N) is 1. The molecule has 0 unspecified atom stereocenters. The Labute approximate surface area is 189 Å². The van der Waals surface area contributed by atoms with Crippen LogP contribution in [-0.2, 0) is 21.2 Å². The van der Waals surface area contributed by atoms with Crippen LogP contribution in [0.5, 0.6) is 5.75 Å². The number of sulfonamides is 1. The van der Waals surface area contributed by atoms with Gasteiger partial charge >= 0.3 is 0 Å². The van der Waals surface area contributed by atoms with Crippen LogP contribution < -0.4 is 10.1 Å². The lowest BCUT2D eigenvalue weighted by Gasteiger charge is -2.23. The maximum atomic E-state index is 13.3. The first-order chi connectivity index (χ1) is 15.4. The first kappa shape index (κ1) is 23.5. The second-order valence-corrected chi connectivity index (χ2v) is 9.39. The molecule has 0 bridgehead atoms. The molecule has 32 heavy (non-hydrogen) atoms. The quantitative estimate of drug-likeness (QED) is 0.508. The summed E-state index contributed by atoms with van der Waals surface area (Å²) in [5.74, 6) is 0.209. The minimum atomic E-state index is -3.87. The molecular formula is C25H28N2O4S. The van der Waals surface area contributed by atoms with Crippen LogP contribution >= 0.6 is 0 Å². The summed E-state index contributed by atoms with van der Waals surface area (Å²) in [7, 11) is -2.35. The van der Waals surface area contributed by atoms with E-state index in [1.807, 2.05) is 67.6 Å². The molecule has 6 nitrogen and oxygen atoms in total. The highest BCUT2D eigenvalue weighted by Crippen LogP contribution is 2.20. The van der Waals surface area contributed by atoms with Crippen molar-refractivity contribution >= 4 is 15.9 Å². The van der Waals surface area contributed by atoms with E-state index >= 15 is 0 Å². The Balaban J connectivity index is 1.78. The van der Waals surface area contributed by atoms with Crippen LogP contribution in [0.3, 0.4) is 0 Å². The fourth-order valence-electron chi connectivity index (χ4n) is 3.35. The summed E-state index contributed by atoms with van der Waals surface area (Å²) in [5.41, 5.74) is 1.95. The fraction of sp³-hybridized carbons (Fsp3) is 0.240. The largest absolute Gasteiger partial charge is 0.497 e. The summed E-state index contributed by atoms with van der Waals surface area (Å²) in [6.07, 6.45) is 0.498. The van der Waals surface area contributed by atoms with Gasteiger partial charge in [-0.2, -0.15) is 4.31 Å². The molecule has 0 saturated heterocycles. The highest BCUT2D eigenvalue weighted by atomic mass is 32.2. The van der Waals surface area contributed by atoms with Crippen LogP contribution in [0.1, 0.15) is 24.1 Å². The monoisotopic (exact) mass is 452 g/mol. The van der Waals surface area contributed by atoms with E-state index in [0.717, 1.165) is 11.1 Å². The first-order valence-electron chi connectivity index (χ1n) is 10.4. The number of methoxy groups -OCH3 is 1. The zero-order chi connectivity index (χ0) is 23.0. The molecule has 3 aromatic rings. The van der Waals surface area contributed by atoms with Crippen LogP contribution in [0.15, 0.2) is 89.8 Å². The molecular weight excluding hydrogens is 424 g/mol. The van der Waals surface area contributed by atoms with Crippen LogP contribution in [0.2, 0.25) is 0 Å². The number of amides is 1. The van der Waals surface area contributed by atoms with Gasteiger partial charge in [0.1, 0.15) is 5.75 Å². The predicted molar refractivity (Wildman–Crippen MR) is 125 cm³/mol. The minimum absolute atomic E-state index is 0.121. The van der Waals surface area contributed by atoms with Crippen LogP contribution in [0.4, 0.5) is 0 Å². The van der Waals surface area contributed by atoms with Gasteiger partial charge in [0.25, 0.3) is 0 Å². The molecule has 168 valence electrons. The van der Waals surface area contributed by atoms with Crippen LogP contribution in [-0.4, -0.2) is 38.8 Å². The maximum absolute atomic E-state index is 13.3. The van der Waals surface area contributed by atoms with Crippen molar-refractivity contribution in [2.45, 2.75) is 24.3 Å². The zero-order valence-electron chi connectivity index (χ0n) is 18.3. The molecule has 0 spiro atoms. The Morgan fingerprint density at radius 1 is 0.938 bits per heavy atom. The molecule has 3 aromatic carbocycles. The Hall–Kier alpha value is -3.16. The molecule has 0 aliphatic rings. The molecule has 0 heterocycles. The number of rotatable bonds is 10. The van der Waals surface area contributed by atoms with Gasteiger partial charge in [0.05, 0.1) is 24.6 Å². The molecule has 0 saturated carbocycles. The van der Waals surface area contributed by atoms with Gasteiger partial charge in [-0.25, -0.2) is 8.42 Å². The van der Waals surface area contributed by atoms with E-state index in [9.17, 15) is 13.2 Å². The molecule has 0 radical (unpaired) electrons. The number of carbonyl (C=O) groups excluding carboxylic acids is 1. The van der Waals surface area contributed by atoms with Crippen molar-refractivity contribution < 1.29 is 17.9 Å². The van der Waals surface area contributed by atoms with E-state index < -0.39 is 10.0 Å². The lowest BCUT2D eigenvalue weighted by atomic mass is 10.1. The molecule has 1 amide bonds. The molecule has 3 rings (SSSR count). The van der Waals surface area contributed by atoms with E-state index in [0.29, 0.717) is 12.2 Å². The van der Waals surface area contributed by atoms with Gasteiger partial charge in [-0.3, -0.25) is 4.79 Å². The molecule has 0 aromatic heterocycles. The number of hydrogen-bond donors (Lipinski definition) is 1. The summed E-state index contributed by atoms with van der Waals surface area (Å²) in [6, 6.07) is 25.1. The van der Waals surface area contributed by atoms with Gasteiger partial charge in [-0.15, -0.1) is 0 Å². The lowest BCUT2D eigenvalue weighted by Crippen LogP contribution is -2.42. The fourth-order valence-corrected chi connectivity index (χ4v) is 4.75. The molecule has 7 heteroatoms. The Bertz CT molecular complexity index is 1100. The Kier molecular flexibility index (Phi) is 8.03. The minimum Gasteiger partial charge on any atom is -0.497 e. The number of benzene rings is 3. The third kappa shape index (κ3) is 6.18. The lowest BCUT2D eigenvalue weighted by molar-refractivity contribution is -0.121. The predicted octanol–water partition coefficient (Wildman–Crippen LogP) is 3.81. The van der Waals surface area contributed by atoms with E-state index in [-0.39, 0.29) is 29.9 Å². The summed E-state index contributed by atoms with van der Waals surface area (Å²) in [5, 5.41) is 2.90. The highest BCUT2D eigenvalue weighted by molar-refractivity contribution is 7.89. The van der Waals surface area contributed by atoms with E-state index in [4.69, 9.17) is 4.74 Å². The van der Waals surface area contributed by atoms with E-state index in [2.05, 4.69) is 5.32 Å². The van der Waals surface area contributed by atoms with Crippen molar-refractivity contribution in [2.75, 3.05) is 20.2 Å². The number of carbonyl (C=O) groups is 1. The van der Waals surface area contributed by atoms with Crippen LogP contribution in [0, 0.1) is 0 Å². The number of ether oxygens (including phenoxy) is 1. The molecule has 0 aliphatic carbocycles.